The molecule has 0 aliphatic carbocycles. The van der Waals surface area contributed by atoms with Crippen LogP contribution in [-0.2, 0) is 4.74 Å². The third-order valence-corrected chi connectivity index (χ3v) is 4.69. The topological polar surface area (TPSA) is 57.7 Å². The van der Waals surface area contributed by atoms with Crippen molar-refractivity contribution in [2.75, 3.05) is 39.1 Å². The molecule has 1 aromatic carbocycles. The molecule has 0 unspecified atom stereocenters. The predicted molar refractivity (Wildman–Crippen MR) is 117 cm³/mol. The van der Waals surface area contributed by atoms with Crippen molar-refractivity contribution >= 4 is 29.0 Å². The summed E-state index contributed by atoms with van der Waals surface area (Å²) < 4.78 is 5.02. The van der Waals surface area contributed by atoms with Crippen molar-refractivity contribution in [2.45, 2.75) is 19.9 Å². The van der Waals surface area contributed by atoms with Crippen molar-refractivity contribution in [3.05, 3.63) is 59.9 Å². The molecule has 1 heterocycles. The van der Waals surface area contributed by atoms with Crippen LogP contribution in [0.15, 0.2) is 48.8 Å². The third-order valence-electron chi connectivity index (χ3n) is 4.35. The summed E-state index contributed by atoms with van der Waals surface area (Å²) in [6, 6.07) is 11.2. The summed E-state index contributed by atoms with van der Waals surface area (Å²) in [6.07, 6.45) is 3.58. The van der Waals surface area contributed by atoms with Crippen molar-refractivity contribution in [1.82, 2.24) is 14.8 Å². The highest BCUT2D eigenvalue weighted by molar-refractivity contribution is 7.80. The largest absolute Gasteiger partial charge is 0.462 e. The minimum atomic E-state index is -0.324. The van der Waals surface area contributed by atoms with Crippen molar-refractivity contribution in [3.63, 3.8) is 0 Å². The molecule has 2 aromatic rings. The summed E-state index contributed by atoms with van der Waals surface area (Å²) in [4.78, 5) is 20.2. The van der Waals surface area contributed by atoms with Gasteiger partial charge in [0.2, 0.25) is 0 Å². The van der Waals surface area contributed by atoms with Crippen molar-refractivity contribution < 1.29 is 9.53 Å². The van der Waals surface area contributed by atoms with E-state index in [0.717, 1.165) is 24.3 Å². The number of thiocarbonyl (C=S) groups is 1. The van der Waals surface area contributed by atoms with Crippen LogP contribution in [-0.4, -0.2) is 59.7 Å². The third kappa shape index (κ3) is 6.28. The number of carbonyl (C=O) groups is 1. The number of carbonyl (C=O) groups excluding carboxylic acids is 1. The Morgan fingerprint density at radius 3 is 2.36 bits per heavy atom. The number of aromatic nitrogens is 1. The van der Waals surface area contributed by atoms with E-state index >= 15 is 0 Å². The molecule has 7 heteroatoms. The van der Waals surface area contributed by atoms with Crippen LogP contribution in [0.3, 0.4) is 0 Å². The zero-order chi connectivity index (χ0) is 20.5. The number of likely N-dealkylation sites (N-methyl/N-ethyl adjacent to an activating group) is 1. The maximum atomic E-state index is 11.8. The normalized spacial score (nSPS) is 11.8. The van der Waals surface area contributed by atoms with Crippen LogP contribution in [0, 0.1) is 0 Å². The molecule has 2 rings (SSSR count). The first-order chi connectivity index (χ1) is 13.4. The molecule has 0 amide bonds. The number of nitrogens with zero attached hydrogens (tertiary/aromatic N) is 3. The van der Waals surface area contributed by atoms with E-state index in [2.05, 4.69) is 27.0 Å². The van der Waals surface area contributed by atoms with Gasteiger partial charge in [0.05, 0.1) is 18.2 Å². The number of rotatable bonds is 8. The fourth-order valence-corrected chi connectivity index (χ4v) is 3.07. The lowest BCUT2D eigenvalue weighted by Gasteiger charge is -2.33. The van der Waals surface area contributed by atoms with Gasteiger partial charge in [0, 0.05) is 31.2 Å². The lowest BCUT2D eigenvalue weighted by atomic mass is 10.1. The van der Waals surface area contributed by atoms with Gasteiger partial charge in [-0.1, -0.05) is 0 Å². The minimum Gasteiger partial charge on any atom is -0.462 e. The van der Waals surface area contributed by atoms with Gasteiger partial charge in [0.25, 0.3) is 0 Å². The maximum absolute atomic E-state index is 11.8. The Hall–Kier alpha value is -2.51. The monoisotopic (exact) mass is 400 g/mol. The summed E-state index contributed by atoms with van der Waals surface area (Å²) in [5, 5.41) is 3.92. The van der Waals surface area contributed by atoms with Gasteiger partial charge >= 0.3 is 5.97 Å². The van der Waals surface area contributed by atoms with Crippen LogP contribution < -0.4 is 5.32 Å². The van der Waals surface area contributed by atoms with E-state index < -0.39 is 0 Å². The molecule has 150 valence electrons. The summed E-state index contributed by atoms with van der Waals surface area (Å²) in [5.74, 6) is -0.324. The van der Waals surface area contributed by atoms with Gasteiger partial charge < -0.3 is 19.9 Å². The number of anilines is 1. The molecule has 0 radical (unpaired) electrons. The summed E-state index contributed by atoms with van der Waals surface area (Å²) in [5.41, 5.74) is 2.50. The average Bonchev–Trinajstić information content (AvgIpc) is 2.69. The summed E-state index contributed by atoms with van der Waals surface area (Å²) >= 11 is 5.70. The first-order valence-corrected chi connectivity index (χ1v) is 9.72. The fraction of sp³-hybridized carbons (Fsp3) is 0.381. The summed E-state index contributed by atoms with van der Waals surface area (Å²) in [6.45, 7) is 5.93. The van der Waals surface area contributed by atoms with E-state index in [1.165, 1.54) is 0 Å². The number of pyridine rings is 1. The van der Waals surface area contributed by atoms with Gasteiger partial charge in [0.1, 0.15) is 0 Å². The molecule has 0 aliphatic heterocycles. The highest BCUT2D eigenvalue weighted by Crippen LogP contribution is 2.21. The SMILES string of the molecule is CCOC(=O)c1ccc(NC(=S)N(CCN(C)C)[C@H](C)c2ccncc2)cc1. The average molecular weight is 401 g/mol. The van der Waals surface area contributed by atoms with Crippen LogP contribution >= 0.6 is 12.2 Å². The van der Waals surface area contributed by atoms with Crippen LogP contribution in [0.2, 0.25) is 0 Å². The molecule has 6 nitrogen and oxygen atoms in total. The predicted octanol–water partition coefficient (Wildman–Crippen LogP) is 3.58. The molecule has 1 atom stereocenters. The second-order valence-corrected chi connectivity index (χ2v) is 7.07. The molecule has 0 saturated heterocycles. The van der Waals surface area contributed by atoms with Gasteiger partial charge in [-0.3, -0.25) is 4.98 Å². The van der Waals surface area contributed by atoms with Crippen LogP contribution in [0.25, 0.3) is 0 Å². The lowest BCUT2D eigenvalue weighted by molar-refractivity contribution is 0.0526. The number of hydrogen-bond donors (Lipinski definition) is 1. The van der Waals surface area contributed by atoms with Crippen molar-refractivity contribution in [1.29, 1.82) is 0 Å². The van der Waals surface area contributed by atoms with Crippen LogP contribution in [0.1, 0.15) is 35.8 Å². The zero-order valence-corrected chi connectivity index (χ0v) is 17.7. The molecular formula is C21H28N4O2S. The van der Waals surface area contributed by atoms with Gasteiger partial charge in [-0.15, -0.1) is 0 Å². The highest BCUT2D eigenvalue weighted by Gasteiger charge is 2.19. The molecule has 0 fully saturated rings. The molecule has 0 saturated carbocycles. The minimum absolute atomic E-state index is 0.0988. The summed E-state index contributed by atoms with van der Waals surface area (Å²) in [7, 11) is 4.08. The van der Waals surface area contributed by atoms with E-state index in [1.807, 2.05) is 38.4 Å². The molecule has 0 bridgehead atoms. The molecule has 1 N–H and O–H groups in total. The Kier molecular flexibility index (Phi) is 8.35. The lowest BCUT2D eigenvalue weighted by Crippen LogP contribution is -2.40. The Labute approximate surface area is 172 Å². The zero-order valence-electron chi connectivity index (χ0n) is 16.9. The highest BCUT2D eigenvalue weighted by atomic mass is 32.1. The van der Waals surface area contributed by atoms with E-state index in [9.17, 15) is 4.79 Å². The van der Waals surface area contributed by atoms with Crippen molar-refractivity contribution in [3.8, 4) is 0 Å². The quantitative estimate of drug-likeness (QED) is 0.537. The Morgan fingerprint density at radius 1 is 1.14 bits per heavy atom. The number of hydrogen-bond acceptors (Lipinski definition) is 5. The Balaban J connectivity index is 2.12. The van der Waals surface area contributed by atoms with Crippen molar-refractivity contribution in [2.24, 2.45) is 0 Å². The smallest absolute Gasteiger partial charge is 0.338 e. The van der Waals surface area contributed by atoms with Crippen LogP contribution in [0.4, 0.5) is 5.69 Å². The first kappa shape index (κ1) is 21.8. The molecule has 1 aromatic heterocycles. The molecular weight excluding hydrogens is 372 g/mol. The van der Waals surface area contributed by atoms with Crippen LogP contribution in [0.5, 0.6) is 0 Å². The molecule has 0 aliphatic rings. The van der Waals surface area contributed by atoms with E-state index in [-0.39, 0.29) is 12.0 Å². The Morgan fingerprint density at radius 2 is 1.79 bits per heavy atom. The van der Waals surface area contributed by atoms with E-state index in [0.29, 0.717) is 17.3 Å². The standard InChI is InChI=1S/C21H28N4O2S/c1-5-27-20(26)18-6-8-19(9-7-18)23-21(28)25(15-14-24(3)4)16(2)17-10-12-22-13-11-17/h6-13,16H,5,14-15H2,1-4H3,(H,23,28)/t16-/m1/s1. The second kappa shape index (κ2) is 10.7. The van der Waals surface area contributed by atoms with Gasteiger partial charge in [0.15, 0.2) is 5.11 Å². The van der Waals surface area contributed by atoms with E-state index in [4.69, 9.17) is 17.0 Å². The second-order valence-electron chi connectivity index (χ2n) is 6.68. The van der Waals surface area contributed by atoms with Gasteiger partial charge in [-0.25, -0.2) is 4.79 Å². The Bertz CT molecular complexity index is 766. The number of benzene rings is 1. The first-order valence-electron chi connectivity index (χ1n) is 9.31. The van der Waals surface area contributed by atoms with Gasteiger partial charge in [-0.05, 0) is 82.1 Å². The molecule has 0 spiro atoms. The number of nitrogens with one attached hydrogen (secondary N) is 1. The van der Waals surface area contributed by atoms with E-state index in [1.54, 1.807) is 31.5 Å². The maximum Gasteiger partial charge on any atom is 0.338 e. The van der Waals surface area contributed by atoms with Gasteiger partial charge in [-0.2, -0.15) is 0 Å². The molecule has 28 heavy (non-hydrogen) atoms. The number of esters is 1. The number of ether oxygens (including phenoxy) is 1. The fourth-order valence-electron chi connectivity index (χ4n) is 2.70.